The normalized spacial score (nSPS) is 16.0. The van der Waals surface area contributed by atoms with Gasteiger partial charge >= 0.3 is 0 Å². The molecule has 1 aliphatic heterocycles. The number of hydrogen-bond acceptors (Lipinski definition) is 3. The number of nitrogens with zero attached hydrogens (tertiary/aromatic N) is 1. The van der Waals surface area contributed by atoms with Crippen molar-refractivity contribution in [1.82, 2.24) is 4.90 Å². The number of benzene rings is 2. The highest BCUT2D eigenvalue weighted by molar-refractivity contribution is 5.84. The Morgan fingerprint density at radius 3 is 2.41 bits per heavy atom. The van der Waals surface area contributed by atoms with E-state index in [4.69, 9.17) is 4.74 Å². The Hall–Kier alpha value is -2.53. The lowest BCUT2D eigenvalue weighted by molar-refractivity contribution is -0.917. The van der Waals surface area contributed by atoms with Gasteiger partial charge in [-0.2, -0.15) is 0 Å². The van der Waals surface area contributed by atoms with Crippen LogP contribution < -0.4 is 15.0 Å². The van der Waals surface area contributed by atoms with Gasteiger partial charge in [0.1, 0.15) is 18.3 Å². The molecule has 144 valence electrons. The van der Waals surface area contributed by atoms with Gasteiger partial charge < -0.3 is 19.9 Å². The van der Waals surface area contributed by atoms with E-state index >= 15 is 0 Å². The van der Waals surface area contributed by atoms with Crippen LogP contribution in [0.1, 0.15) is 19.4 Å². The number of nitrogens with one attached hydrogen (secondary N) is 2. The molecule has 5 heteroatoms. The molecule has 2 aromatic carbocycles. The van der Waals surface area contributed by atoms with Gasteiger partial charge in [-0.05, 0) is 38.1 Å². The molecule has 5 nitrogen and oxygen atoms in total. The zero-order chi connectivity index (χ0) is 19.1. The third-order valence-corrected chi connectivity index (χ3v) is 5.00. The lowest BCUT2D eigenvalue weighted by Gasteiger charge is -2.34. The summed E-state index contributed by atoms with van der Waals surface area (Å²) in [5, 5.41) is 3.31. The van der Waals surface area contributed by atoms with Crippen molar-refractivity contribution in [1.29, 1.82) is 0 Å². The molecule has 1 heterocycles. The highest BCUT2D eigenvalue weighted by Crippen LogP contribution is 2.16. The smallest absolute Gasteiger partial charge is 0.245 e. The highest BCUT2D eigenvalue weighted by atomic mass is 16.5. The van der Waals surface area contributed by atoms with E-state index in [9.17, 15) is 4.79 Å². The lowest BCUT2D eigenvalue weighted by Crippen LogP contribution is -3.13. The summed E-state index contributed by atoms with van der Waals surface area (Å²) in [6.07, 6.45) is 0. The van der Waals surface area contributed by atoms with E-state index in [0.29, 0.717) is 6.61 Å². The summed E-state index contributed by atoms with van der Waals surface area (Å²) in [6.45, 7) is 9.21. The van der Waals surface area contributed by atoms with E-state index in [-0.39, 0.29) is 11.9 Å². The molecule has 1 saturated heterocycles. The van der Waals surface area contributed by atoms with Crippen molar-refractivity contribution in [3.8, 4) is 5.75 Å². The molecule has 0 spiro atoms. The fourth-order valence-electron chi connectivity index (χ4n) is 3.50. The van der Waals surface area contributed by atoms with E-state index in [1.54, 1.807) is 0 Å². The molecule has 0 unspecified atom stereocenters. The third-order valence-electron chi connectivity index (χ3n) is 5.00. The van der Waals surface area contributed by atoms with Crippen molar-refractivity contribution >= 4 is 11.6 Å². The SMILES string of the molecule is CCOc1ccc(N[C@H](C)C(=O)N2CC[NH+](Cc3ccccc3)CC2)cc1. The first-order valence-corrected chi connectivity index (χ1v) is 9.81. The van der Waals surface area contributed by atoms with Crippen LogP contribution in [0.3, 0.4) is 0 Å². The molecule has 0 radical (unpaired) electrons. The fraction of sp³-hybridized carbons (Fsp3) is 0.409. The van der Waals surface area contributed by atoms with Crippen molar-refractivity contribution in [2.75, 3.05) is 38.1 Å². The van der Waals surface area contributed by atoms with Crippen LogP contribution >= 0.6 is 0 Å². The molecule has 3 rings (SSSR count). The van der Waals surface area contributed by atoms with Crippen LogP contribution in [0.2, 0.25) is 0 Å². The molecule has 2 N–H and O–H groups in total. The van der Waals surface area contributed by atoms with Gasteiger partial charge in [0.15, 0.2) is 0 Å². The maximum absolute atomic E-state index is 12.8. The van der Waals surface area contributed by atoms with Crippen LogP contribution in [0.4, 0.5) is 5.69 Å². The molecule has 27 heavy (non-hydrogen) atoms. The van der Waals surface area contributed by atoms with Crippen molar-refractivity contribution in [3.05, 3.63) is 60.2 Å². The first-order chi connectivity index (χ1) is 13.2. The Bertz CT molecular complexity index is 710. The lowest BCUT2D eigenvalue weighted by atomic mass is 10.2. The van der Waals surface area contributed by atoms with Crippen molar-refractivity contribution in [3.63, 3.8) is 0 Å². The summed E-state index contributed by atoms with van der Waals surface area (Å²) in [5.74, 6) is 1.02. The molecule has 1 fully saturated rings. The molecule has 0 bridgehead atoms. The zero-order valence-corrected chi connectivity index (χ0v) is 16.3. The van der Waals surface area contributed by atoms with E-state index in [0.717, 1.165) is 44.2 Å². The number of rotatable bonds is 7. The molecule has 1 amide bonds. The van der Waals surface area contributed by atoms with Gasteiger partial charge in [-0.15, -0.1) is 0 Å². The van der Waals surface area contributed by atoms with Crippen LogP contribution in [0.25, 0.3) is 0 Å². The Kier molecular flexibility index (Phi) is 6.71. The Labute approximate surface area is 161 Å². The number of hydrogen-bond donors (Lipinski definition) is 2. The number of quaternary nitrogens is 1. The second-order valence-electron chi connectivity index (χ2n) is 7.06. The largest absolute Gasteiger partial charge is 0.494 e. The molecule has 0 aliphatic carbocycles. The molecule has 2 aromatic rings. The highest BCUT2D eigenvalue weighted by Gasteiger charge is 2.26. The Morgan fingerprint density at radius 1 is 1.11 bits per heavy atom. The average Bonchev–Trinajstić information content (AvgIpc) is 2.70. The van der Waals surface area contributed by atoms with Crippen LogP contribution in [-0.2, 0) is 11.3 Å². The van der Waals surface area contributed by atoms with Crippen LogP contribution in [0, 0.1) is 0 Å². The number of amides is 1. The fourth-order valence-corrected chi connectivity index (χ4v) is 3.50. The van der Waals surface area contributed by atoms with Gasteiger partial charge in [-0.3, -0.25) is 4.79 Å². The summed E-state index contributed by atoms with van der Waals surface area (Å²) < 4.78 is 5.46. The van der Waals surface area contributed by atoms with E-state index in [2.05, 4.69) is 29.6 Å². The van der Waals surface area contributed by atoms with Crippen molar-refractivity contribution in [2.45, 2.75) is 26.4 Å². The monoisotopic (exact) mass is 368 g/mol. The number of carbonyl (C=O) groups excluding carboxylic acids is 1. The summed E-state index contributed by atoms with van der Waals surface area (Å²) in [6, 6.07) is 18.1. The van der Waals surface area contributed by atoms with Gasteiger partial charge in [0, 0.05) is 11.3 Å². The minimum atomic E-state index is -0.237. The summed E-state index contributed by atoms with van der Waals surface area (Å²) in [7, 11) is 0. The molecular formula is C22H30N3O2+. The van der Waals surface area contributed by atoms with Crippen LogP contribution in [0.5, 0.6) is 5.75 Å². The minimum Gasteiger partial charge on any atom is -0.494 e. The maximum atomic E-state index is 12.8. The molecule has 0 saturated carbocycles. The van der Waals surface area contributed by atoms with Gasteiger partial charge in [0.25, 0.3) is 0 Å². The summed E-state index contributed by atoms with van der Waals surface area (Å²) in [5.41, 5.74) is 2.30. The first-order valence-electron chi connectivity index (χ1n) is 9.81. The van der Waals surface area contributed by atoms with Crippen LogP contribution in [0.15, 0.2) is 54.6 Å². The van der Waals surface area contributed by atoms with E-state index in [1.165, 1.54) is 10.5 Å². The Morgan fingerprint density at radius 2 is 1.78 bits per heavy atom. The van der Waals surface area contributed by atoms with Gasteiger partial charge in [-0.1, -0.05) is 30.3 Å². The van der Waals surface area contributed by atoms with Crippen molar-refractivity contribution < 1.29 is 14.4 Å². The van der Waals surface area contributed by atoms with E-state index in [1.807, 2.05) is 49.1 Å². The predicted molar refractivity (Wildman–Crippen MR) is 108 cm³/mol. The van der Waals surface area contributed by atoms with Crippen LogP contribution in [-0.4, -0.2) is 49.6 Å². The quantitative estimate of drug-likeness (QED) is 0.784. The average molecular weight is 369 g/mol. The third kappa shape index (κ3) is 5.47. The second kappa shape index (κ2) is 9.42. The second-order valence-corrected chi connectivity index (χ2v) is 7.06. The zero-order valence-electron chi connectivity index (χ0n) is 16.3. The molecular weight excluding hydrogens is 338 g/mol. The van der Waals surface area contributed by atoms with Gasteiger partial charge in [0.05, 0.1) is 32.8 Å². The molecule has 1 aliphatic rings. The van der Waals surface area contributed by atoms with E-state index < -0.39 is 0 Å². The number of ether oxygens (including phenoxy) is 1. The Balaban J connectivity index is 1.46. The van der Waals surface area contributed by atoms with Crippen molar-refractivity contribution in [2.24, 2.45) is 0 Å². The predicted octanol–water partition coefficient (Wildman–Crippen LogP) is 1.81. The summed E-state index contributed by atoms with van der Waals surface area (Å²) in [4.78, 5) is 16.3. The summed E-state index contributed by atoms with van der Waals surface area (Å²) >= 11 is 0. The minimum absolute atomic E-state index is 0.169. The van der Waals surface area contributed by atoms with Gasteiger partial charge in [-0.25, -0.2) is 0 Å². The number of carbonyl (C=O) groups is 1. The molecule has 0 aromatic heterocycles. The first kappa shape index (κ1) is 19.2. The van der Waals surface area contributed by atoms with Gasteiger partial charge in [0.2, 0.25) is 5.91 Å². The maximum Gasteiger partial charge on any atom is 0.245 e. The number of piperazine rings is 1. The standard InChI is InChI=1S/C22H29N3O2/c1-3-27-21-11-9-20(10-12-21)23-18(2)22(26)25-15-13-24(14-16-25)17-19-7-5-4-6-8-19/h4-12,18,23H,3,13-17H2,1-2H3/p+1/t18-/m1/s1. The number of anilines is 1. The molecule has 1 atom stereocenters. The topological polar surface area (TPSA) is 46.0 Å².